The van der Waals surface area contributed by atoms with E-state index in [2.05, 4.69) is 0 Å². The number of hydrogen-bond acceptors (Lipinski definition) is 14. The maximum absolute atomic E-state index is 13.7. The maximum Gasteiger partial charge on any atom is 0.514 e. The quantitative estimate of drug-likeness (QED) is 0.104. The van der Waals surface area contributed by atoms with Crippen LogP contribution in [0.1, 0.15) is 11.1 Å². The Kier molecular flexibility index (Phi) is 12.1. The first-order chi connectivity index (χ1) is 24.3. The van der Waals surface area contributed by atoms with Crippen molar-refractivity contribution in [2.75, 3.05) is 13.7 Å². The van der Waals surface area contributed by atoms with E-state index in [4.69, 9.17) is 36.8 Å². The fourth-order valence-electron chi connectivity index (χ4n) is 4.85. The van der Waals surface area contributed by atoms with Crippen LogP contribution >= 0.6 is 0 Å². The molecule has 1 aliphatic heterocycles. The van der Waals surface area contributed by atoms with Gasteiger partial charge in [-0.15, -0.1) is 0 Å². The number of carbonyl (C=O) groups excluding carboxylic acids is 2. The highest BCUT2D eigenvalue weighted by molar-refractivity contribution is 7.87. The van der Waals surface area contributed by atoms with E-state index in [1.807, 2.05) is 0 Å². The number of aryl methyl sites for hydroxylation is 2. The van der Waals surface area contributed by atoms with Gasteiger partial charge in [-0.2, -0.15) is 16.8 Å². The van der Waals surface area contributed by atoms with Gasteiger partial charge in [0, 0.05) is 7.11 Å². The van der Waals surface area contributed by atoms with E-state index in [1.54, 1.807) is 62.4 Å². The van der Waals surface area contributed by atoms with Crippen LogP contribution in [0, 0.1) is 13.8 Å². The predicted molar refractivity (Wildman–Crippen MR) is 178 cm³/mol. The Morgan fingerprint density at radius 3 is 1.53 bits per heavy atom. The predicted octanol–water partition coefficient (Wildman–Crippen LogP) is 5.32. The van der Waals surface area contributed by atoms with Gasteiger partial charge < -0.3 is 28.4 Å². The third-order valence-corrected chi connectivity index (χ3v) is 10.0. The smallest absolute Gasteiger partial charge is 0.424 e. The first kappa shape index (κ1) is 37.4. The Balaban J connectivity index is 1.52. The molecule has 0 amide bonds. The Morgan fingerprint density at radius 1 is 0.608 bits per heavy atom. The summed E-state index contributed by atoms with van der Waals surface area (Å²) in [5, 5.41) is 0. The van der Waals surface area contributed by atoms with Crippen LogP contribution in [0.2, 0.25) is 0 Å². The van der Waals surface area contributed by atoms with Crippen LogP contribution in [0.15, 0.2) is 119 Å². The number of methoxy groups -OCH3 is 1. The van der Waals surface area contributed by atoms with Crippen molar-refractivity contribution in [3.63, 3.8) is 0 Å². The van der Waals surface area contributed by atoms with Crippen LogP contribution in [0.5, 0.6) is 11.5 Å². The standard InChI is InChI=1S/C35H34O14S2/c1-23-14-18-27(19-15-23)50(38,39)43-22-29-30(49-51(40,41)28-20-16-24(2)17-21-28)31(47-34(36)44-25-10-6-4-7-11-25)32(33(42-3)46-29)48-35(37)45-26-12-8-5-9-13-26/h4-21,29-33H,22H2,1-3H3. The number of para-hydroxylation sites is 2. The summed E-state index contributed by atoms with van der Waals surface area (Å²) < 4.78 is 97.7. The van der Waals surface area contributed by atoms with E-state index < -0.39 is 69.9 Å². The molecule has 0 bridgehead atoms. The number of rotatable bonds is 12. The normalized spacial score (nSPS) is 20.6. The van der Waals surface area contributed by atoms with Gasteiger partial charge in [0.15, 0.2) is 18.5 Å². The van der Waals surface area contributed by atoms with Crippen LogP contribution in [0.3, 0.4) is 0 Å². The average Bonchev–Trinajstić information content (AvgIpc) is 3.10. The minimum Gasteiger partial charge on any atom is -0.424 e. The lowest BCUT2D eigenvalue weighted by Gasteiger charge is -2.43. The van der Waals surface area contributed by atoms with Crippen molar-refractivity contribution >= 4 is 32.5 Å². The second kappa shape index (κ2) is 16.5. The van der Waals surface area contributed by atoms with Gasteiger partial charge in [0.25, 0.3) is 20.2 Å². The molecule has 0 saturated carbocycles. The molecule has 1 fully saturated rings. The lowest BCUT2D eigenvalue weighted by molar-refractivity contribution is -0.289. The van der Waals surface area contributed by atoms with Gasteiger partial charge in [-0.05, 0) is 62.4 Å². The zero-order valence-corrected chi connectivity index (χ0v) is 29.2. The topological polar surface area (TPSA) is 176 Å². The van der Waals surface area contributed by atoms with E-state index in [1.165, 1.54) is 60.7 Å². The van der Waals surface area contributed by atoms with Crippen molar-refractivity contribution in [1.29, 1.82) is 0 Å². The summed E-state index contributed by atoms with van der Waals surface area (Å²) in [4.78, 5) is 25.8. The minimum absolute atomic E-state index is 0.0626. The average molecular weight is 743 g/mol. The molecule has 0 aliphatic carbocycles. The molecule has 0 aromatic heterocycles. The Hall–Kier alpha value is -4.84. The van der Waals surface area contributed by atoms with Crippen molar-refractivity contribution in [2.24, 2.45) is 0 Å². The van der Waals surface area contributed by atoms with Crippen LogP contribution in [0.4, 0.5) is 9.59 Å². The zero-order valence-electron chi connectivity index (χ0n) is 27.5. The molecular formula is C35H34O14S2. The van der Waals surface area contributed by atoms with E-state index >= 15 is 0 Å². The van der Waals surface area contributed by atoms with E-state index in [0.717, 1.165) is 18.2 Å². The Labute approximate surface area is 295 Å². The molecule has 5 unspecified atom stereocenters. The SMILES string of the molecule is COC1OC(COS(=O)(=O)c2ccc(C)cc2)C(OS(=O)(=O)c2ccc(C)cc2)C(OC(=O)Oc2ccccc2)C1OC(=O)Oc1ccccc1. The van der Waals surface area contributed by atoms with Gasteiger partial charge in [0.1, 0.15) is 23.7 Å². The molecule has 270 valence electrons. The largest absolute Gasteiger partial charge is 0.514 e. The number of ether oxygens (including phenoxy) is 6. The van der Waals surface area contributed by atoms with Crippen LogP contribution in [0.25, 0.3) is 0 Å². The molecule has 5 rings (SSSR count). The van der Waals surface area contributed by atoms with Gasteiger partial charge in [-0.3, -0.25) is 8.37 Å². The summed E-state index contributed by atoms with van der Waals surface area (Å²) in [6.07, 6.45) is -11.5. The van der Waals surface area contributed by atoms with Gasteiger partial charge >= 0.3 is 12.3 Å². The number of benzene rings is 4. The van der Waals surface area contributed by atoms with Crippen LogP contribution in [-0.2, 0) is 47.5 Å². The summed E-state index contributed by atoms with van der Waals surface area (Å²) in [7, 11) is -7.98. The molecule has 4 aromatic carbocycles. The molecule has 1 heterocycles. The van der Waals surface area contributed by atoms with Crippen molar-refractivity contribution in [3.8, 4) is 11.5 Å². The summed E-state index contributed by atoms with van der Waals surface area (Å²) in [5.74, 6) is 0.157. The third kappa shape index (κ3) is 9.90. The summed E-state index contributed by atoms with van der Waals surface area (Å²) in [6, 6.07) is 27.0. The first-order valence-electron chi connectivity index (χ1n) is 15.4. The van der Waals surface area contributed by atoms with Crippen LogP contribution in [-0.4, -0.2) is 73.6 Å². The molecule has 0 spiro atoms. The molecule has 51 heavy (non-hydrogen) atoms. The molecule has 0 radical (unpaired) electrons. The second-order valence-corrected chi connectivity index (χ2v) is 14.3. The fourth-order valence-corrected chi connectivity index (χ4v) is 6.88. The molecule has 16 heteroatoms. The van der Waals surface area contributed by atoms with Crippen molar-refractivity contribution in [3.05, 3.63) is 120 Å². The molecule has 1 aliphatic rings. The summed E-state index contributed by atoms with van der Waals surface area (Å²) in [5.41, 5.74) is 1.54. The molecule has 14 nitrogen and oxygen atoms in total. The minimum atomic E-state index is -4.70. The molecule has 5 atom stereocenters. The Morgan fingerprint density at radius 2 is 1.06 bits per heavy atom. The van der Waals surface area contributed by atoms with Crippen LogP contribution < -0.4 is 9.47 Å². The monoisotopic (exact) mass is 742 g/mol. The molecule has 4 aromatic rings. The lowest BCUT2D eigenvalue weighted by Crippen LogP contribution is -2.63. The van der Waals surface area contributed by atoms with Gasteiger partial charge in [-0.25, -0.2) is 9.59 Å². The number of carbonyl (C=O) groups is 2. The molecular weight excluding hydrogens is 709 g/mol. The maximum atomic E-state index is 13.7. The van der Waals surface area contributed by atoms with Gasteiger partial charge in [0.2, 0.25) is 0 Å². The summed E-state index contributed by atoms with van der Waals surface area (Å²) in [6.45, 7) is 2.65. The lowest BCUT2D eigenvalue weighted by atomic mass is 9.99. The van der Waals surface area contributed by atoms with E-state index in [-0.39, 0.29) is 21.3 Å². The van der Waals surface area contributed by atoms with Gasteiger partial charge in [0.05, 0.1) is 16.4 Å². The van der Waals surface area contributed by atoms with Gasteiger partial charge in [-0.1, -0.05) is 71.8 Å². The van der Waals surface area contributed by atoms with Crippen molar-refractivity contribution in [2.45, 2.75) is 54.3 Å². The summed E-state index contributed by atoms with van der Waals surface area (Å²) >= 11 is 0. The van der Waals surface area contributed by atoms with Crippen molar-refractivity contribution < 1.29 is 63.2 Å². The third-order valence-electron chi connectivity index (χ3n) is 7.42. The van der Waals surface area contributed by atoms with E-state index in [9.17, 15) is 26.4 Å². The highest BCUT2D eigenvalue weighted by atomic mass is 32.2. The number of hydrogen-bond donors (Lipinski definition) is 0. The highest BCUT2D eigenvalue weighted by Gasteiger charge is 2.54. The zero-order chi connectivity index (χ0) is 36.6. The van der Waals surface area contributed by atoms with Crippen molar-refractivity contribution in [1.82, 2.24) is 0 Å². The Bertz CT molecular complexity index is 1990. The fraction of sp³-hybridized carbons (Fsp3) is 0.257. The highest BCUT2D eigenvalue weighted by Crippen LogP contribution is 2.33. The first-order valence-corrected chi connectivity index (χ1v) is 18.2. The second-order valence-electron chi connectivity index (χ2n) is 11.2. The van der Waals surface area contributed by atoms with E-state index in [0.29, 0.717) is 0 Å². The molecule has 0 N–H and O–H groups in total. The molecule has 1 saturated heterocycles.